The van der Waals surface area contributed by atoms with E-state index in [-0.39, 0.29) is 36.9 Å². The molecular weight excluding hydrogens is 316 g/mol. The number of carbonyl (C=O) groups is 3. The molecule has 0 amide bonds. The number of ketones is 2. The second kappa shape index (κ2) is 7.27. The zero-order chi connectivity index (χ0) is 17.9. The van der Waals surface area contributed by atoms with E-state index in [9.17, 15) is 14.4 Å². The van der Waals surface area contributed by atoms with Crippen LogP contribution in [0.25, 0.3) is 0 Å². The molecule has 0 fully saturated rings. The molecule has 1 aliphatic carbocycles. The average Bonchev–Trinajstić information content (AvgIpc) is 2.91. The summed E-state index contributed by atoms with van der Waals surface area (Å²) in [5.74, 6) is -1.65. The van der Waals surface area contributed by atoms with E-state index in [1.165, 1.54) is 14.2 Å². The molecule has 0 aromatic rings. The number of Topliss-reactive ketones (excluding diaryl/α,β-unsaturated/α-hetero) is 1. The van der Waals surface area contributed by atoms with Crippen molar-refractivity contribution in [3.05, 3.63) is 46.5 Å². The highest BCUT2D eigenvalue weighted by atomic mass is 16.5. The largest absolute Gasteiger partial charge is 0.492 e. The van der Waals surface area contributed by atoms with Gasteiger partial charge in [-0.15, -0.1) is 0 Å². The summed E-state index contributed by atoms with van der Waals surface area (Å²) < 4.78 is 20.3. The molecule has 2 rings (SSSR count). The topological polar surface area (TPSA) is 88.1 Å². The SMILES string of the molecule is C=C(C)C1=C(COCC2=C(OC)C(=O)C(OC)=CC2=O)C(=O)OC1. The van der Waals surface area contributed by atoms with Crippen molar-refractivity contribution >= 4 is 17.5 Å². The third-order valence-corrected chi connectivity index (χ3v) is 3.65. The zero-order valence-corrected chi connectivity index (χ0v) is 13.8. The van der Waals surface area contributed by atoms with Crippen LogP contribution >= 0.6 is 0 Å². The van der Waals surface area contributed by atoms with Gasteiger partial charge in [0.25, 0.3) is 5.78 Å². The van der Waals surface area contributed by atoms with Gasteiger partial charge in [0.2, 0.25) is 0 Å². The van der Waals surface area contributed by atoms with Crippen molar-refractivity contribution in [1.82, 2.24) is 0 Å². The summed E-state index contributed by atoms with van der Waals surface area (Å²) in [6.07, 6.45) is 1.09. The molecule has 0 aromatic carbocycles. The molecule has 0 atom stereocenters. The van der Waals surface area contributed by atoms with Crippen LogP contribution in [0.4, 0.5) is 0 Å². The van der Waals surface area contributed by atoms with Gasteiger partial charge >= 0.3 is 5.97 Å². The molecule has 0 bridgehead atoms. The molecule has 0 N–H and O–H groups in total. The fourth-order valence-corrected chi connectivity index (χ4v) is 2.35. The highest BCUT2D eigenvalue weighted by Gasteiger charge is 2.31. The summed E-state index contributed by atoms with van der Waals surface area (Å²) >= 11 is 0. The molecule has 0 saturated carbocycles. The van der Waals surface area contributed by atoms with E-state index in [0.29, 0.717) is 16.7 Å². The van der Waals surface area contributed by atoms with Crippen molar-refractivity contribution in [3.8, 4) is 0 Å². The lowest BCUT2D eigenvalue weighted by Gasteiger charge is -2.17. The highest BCUT2D eigenvalue weighted by Crippen LogP contribution is 2.24. The molecule has 1 heterocycles. The van der Waals surface area contributed by atoms with Crippen molar-refractivity contribution < 1.29 is 33.3 Å². The second-order valence-electron chi connectivity index (χ2n) is 5.22. The Kier molecular flexibility index (Phi) is 5.35. The number of ether oxygens (including phenoxy) is 4. The lowest BCUT2D eigenvalue weighted by Crippen LogP contribution is -2.24. The van der Waals surface area contributed by atoms with E-state index in [1.807, 2.05) is 0 Å². The van der Waals surface area contributed by atoms with Crippen LogP contribution in [0.15, 0.2) is 46.5 Å². The number of methoxy groups -OCH3 is 2. The normalized spacial score (nSPS) is 18.0. The number of rotatable bonds is 7. The van der Waals surface area contributed by atoms with E-state index >= 15 is 0 Å². The van der Waals surface area contributed by atoms with E-state index in [1.54, 1.807) is 6.92 Å². The Bertz CT molecular complexity index is 706. The Labute approximate surface area is 139 Å². The zero-order valence-electron chi connectivity index (χ0n) is 13.8. The van der Waals surface area contributed by atoms with Crippen molar-refractivity contribution in [1.29, 1.82) is 0 Å². The van der Waals surface area contributed by atoms with Crippen molar-refractivity contribution in [2.24, 2.45) is 0 Å². The maximum atomic E-state index is 12.1. The first-order chi connectivity index (χ1) is 11.4. The third-order valence-electron chi connectivity index (χ3n) is 3.65. The van der Waals surface area contributed by atoms with E-state index in [4.69, 9.17) is 18.9 Å². The fourth-order valence-electron chi connectivity index (χ4n) is 2.35. The third kappa shape index (κ3) is 3.30. The molecule has 7 nitrogen and oxygen atoms in total. The van der Waals surface area contributed by atoms with Crippen LogP contribution in [-0.2, 0) is 33.3 Å². The van der Waals surface area contributed by atoms with Gasteiger partial charge in [0.15, 0.2) is 17.3 Å². The first-order valence-corrected chi connectivity index (χ1v) is 7.15. The minimum Gasteiger partial charge on any atom is -0.492 e. The standard InChI is InChI=1S/C17H18O7/c1-9(2)10-8-24-17(20)11(10)6-23-7-12-13(18)5-14(21-3)15(19)16(12)22-4/h5H,1,6-8H2,2-4H3. The molecule has 0 radical (unpaired) electrons. The molecule has 128 valence electrons. The van der Waals surface area contributed by atoms with Crippen LogP contribution < -0.4 is 0 Å². The summed E-state index contributed by atoms with van der Waals surface area (Å²) in [7, 11) is 2.58. The van der Waals surface area contributed by atoms with Gasteiger partial charge in [-0.2, -0.15) is 0 Å². The van der Waals surface area contributed by atoms with Gasteiger partial charge in [-0.25, -0.2) is 4.79 Å². The van der Waals surface area contributed by atoms with Crippen LogP contribution in [0.1, 0.15) is 6.92 Å². The molecule has 0 spiro atoms. The van der Waals surface area contributed by atoms with Gasteiger partial charge in [0.05, 0.1) is 38.6 Å². The predicted octanol–water partition coefficient (Wildman–Crippen LogP) is 1.02. The molecule has 0 unspecified atom stereocenters. The molecule has 0 aromatic heterocycles. The minimum absolute atomic E-state index is 0.0517. The summed E-state index contributed by atoms with van der Waals surface area (Å²) in [4.78, 5) is 35.9. The summed E-state index contributed by atoms with van der Waals surface area (Å²) in [6.45, 7) is 5.49. The van der Waals surface area contributed by atoms with Gasteiger partial charge in [0.1, 0.15) is 6.61 Å². The molecule has 0 saturated heterocycles. The fraction of sp³-hybridized carbons (Fsp3) is 0.353. The highest BCUT2D eigenvalue weighted by molar-refractivity contribution is 6.21. The maximum absolute atomic E-state index is 12.1. The summed E-state index contributed by atoms with van der Waals surface area (Å²) in [5, 5.41) is 0. The first kappa shape index (κ1) is 17.7. The van der Waals surface area contributed by atoms with Crippen molar-refractivity contribution in [2.45, 2.75) is 6.92 Å². The predicted molar refractivity (Wildman–Crippen MR) is 82.8 cm³/mol. The van der Waals surface area contributed by atoms with E-state index in [0.717, 1.165) is 6.08 Å². The number of esters is 1. The second-order valence-corrected chi connectivity index (χ2v) is 5.22. The quantitative estimate of drug-likeness (QED) is 0.507. The number of carbonyl (C=O) groups excluding carboxylic acids is 3. The summed E-state index contributed by atoms with van der Waals surface area (Å²) in [6, 6.07) is 0. The van der Waals surface area contributed by atoms with Gasteiger partial charge in [-0.3, -0.25) is 9.59 Å². The lowest BCUT2D eigenvalue weighted by atomic mass is 10.0. The van der Waals surface area contributed by atoms with Crippen LogP contribution in [-0.4, -0.2) is 51.6 Å². The Balaban J connectivity index is 2.12. The van der Waals surface area contributed by atoms with Gasteiger partial charge in [-0.1, -0.05) is 12.2 Å². The van der Waals surface area contributed by atoms with Gasteiger partial charge in [0, 0.05) is 11.6 Å². The van der Waals surface area contributed by atoms with Crippen LogP contribution in [0.5, 0.6) is 0 Å². The van der Waals surface area contributed by atoms with Gasteiger partial charge < -0.3 is 18.9 Å². The molecule has 24 heavy (non-hydrogen) atoms. The smallest absolute Gasteiger partial charge is 0.337 e. The molecule has 7 heteroatoms. The molecule has 1 aliphatic heterocycles. The maximum Gasteiger partial charge on any atom is 0.337 e. The Hall–Kier alpha value is -2.67. The number of hydrogen-bond donors (Lipinski definition) is 0. The number of hydrogen-bond acceptors (Lipinski definition) is 7. The van der Waals surface area contributed by atoms with Crippen molar-refractivity contribution in [3.63, 3.8) is 0 Å². The Morgan fingerprint density at radius 1 is 1.17 bits per heavy atom. The number of allylic oxidation sites excluding steroid dienone is 1. The van der Waals surface area contributed by atoms with Crippen LogP contribution in [0.2, 0.25) is 0 Å². The first-order valence-electron chi connectivity index (χ1n) is 7.15. The van der Waals surface area contributed by atoms with Crippen molar-refractivity contribution in [2.75, 3.05) is 34.0 Å². The van der Waals surface area contributed by atoms with E-state index in [2.05, 4.69) is 6.58 Å². The lowest BCUT2D eigenvalue weighted by molar-refractivity contribution is -0.136. The Morgan fingerprint density at radius 2 is 1.83 bits per heavy atom. The average molecular weight is 334 g/mol. The molecular formula is C17H18O7. The van der Waals surface area contributed by atoms with Crippen LogP contribution in [0.3, 0.4) is 0 Å². The van der Waals surface area contributed by atoms with Gasteiger partial charge in [-0.05, 0) is 6.92 Å². The van der Waals surface area contributed by atoms with E-state index < -0.39 is 17.5 Å². The Morgan fingerprint density at radius 3 is 2.42 bits per heavy atom. The monoisotopic (exact) mass is 334 g/mol. The number of cyclic esters (lactones) is 1. The van der Waals surface area contributed by atoms with Crippen LogP contribution in [0, 0.1) is 0 Å². The minimum atomic E-state index is -0.527. The molecule has 2 aliphatic rings. The summed E-state index contributed by atoms with van der Waals surface area (Å²) in [5.41, 5.74) is 1.85.